The average Bonchev–Trinajstić information content (AvgIpc) is 3.19. The quantitative estimate of drug-likeness (QED) is 0.424. The summed E-state index contributed by atoms with van der Waals surface area (Å²) < 4.78 is 67.5. The van der Waals surface area contributed by atoms with Gasteiger partial charge in [0, 0.05) is 25.4 Å². The molecular formula is C24H24F5N5OS. The number of hydrogen-bond donors (Lipinski definition) is 1. The van der Waals surface area contributed by atoms with Crippen molar-refractivity contribution in [1.29, 1.82) is 0 Å². The minimum Gasteiger partial charge on any atom is -0.352 e. The van der Waals surface area contributed by atoms with Gasteiger partial charge in [0.05, 0.1) is 28.0 Å². The van der Waals surface area contributed by atoms with Gasteiger partial charge in [0.2, 0.25) is 5.95 Å². The molecule has 0 spiro atoms. The number of piperidine rings is 1. The predicted octanol–water partition coefficient (Wildman–Crippen LogP) is 5.83. The number of nitrogens with one attached hydrogen (secondary N) is 1. The molecule has 1 saturated heterocycles. The molecule has 0 aliphatic carbocycles. The average molecular weight is 526 g/mol. The topological polar surface area (TPSA) is 71.0 Å². The van der Waals surface area contributed by atoms with E-state index in [-0.39, 0.29) is 18.2 Å². The summed E-state index contributed by atoms with van der Waals surface area (Å²) in [7, 11) is 0. The van der Waals surface area contributed by atoms with E-state index >= 15 is 0 Å². The van der Waals surface area contributed by atoms with Crippen LogP contribution in [0.2, 0.25) is 0 Å². The van der Waals surface area contributed by atoms with Crippen molar-refractivity contribution in [3.63, 3.8) is 0 Å². The van der Waals surface area contributed by atoms with E-state index in [1.807, 2.05) is 31.2 Å². The summed E-state index contributed by atoms with van der Waals surface area (Å²) >= 11 is 1.31. The van der Waals surface area contributed by atoms with Gasteiger partial charge in [-0.3, -0.25) is 4.79 Å². The molecule has 1 N–H and O–H groups in total. The Morgan fingerprint density at radius 1 is 1.17 bits per heavy atom. The van der Waals surface area contributed by atoms with Crippen LogP contribution in [0, 0.1) is 19.8 Å². The van der Waals surface area contributed by atoms with Crippen LogP contribution in [0.1, 0.15) is 40.0 Å². The van der Waals surface area contributed by atoms with Crippen molar-refractivity contribution >= 4 is 23.2 Å². The van der Waals surface area contributed by atoms with Gasteiger partial charge in [-0.05, 0) is 25.3 Å². The van der Waals surface area contributed by atoms with Gasteiger partial charge in [0.25, 0.3) is 11.8 Å². The maximum absolute atomic E-state index is 14.6. The third kappa shape index (κ3) is 5.63. The lowest BCUT2D eigenvalue weighted by atomic mass is 9.88. The molecule has 192 valence electrons. The highest BCUT2D eigenvalue weighted by Crippen LogP contribution is 2.37. The minimum atomic E-state index is -4.58. The number of likely N-dealkylation sites (tertiary alicyclic amines) is 1. The van der Waals surface area contributed by atoms with Gasteiger partial charge in [-0.1, -0.05) is 36.8 Å². The monoisotopic (exact) mass is 525 g/mol. The molecule has 1 aliphatic rings. The highest BCUT2D eigenvalue weighted by Gasteiger charge is 2.47. The fourth-order valence-electron chi connectivity index (χ4n) is 4.25. The summed E-state index contributed by atoms with van der Waals surface area (Å²) in [6, 6.07) is 6.82. The molecule has 36 heavy (non-hydrogen) atoms. The van der Waals surface area contributed by atoms with Crippen molar-refractivity contribution in [3.8, 4) is 10.4 Å². The molecule has 2 aromatic heterocycles. The van der Waals surface area contributed by atoms with E-state index in [2.05, 4.69) is 20.3 Å². The second-order valence-electron chi connectivity index (χ2n) is 8.99. The number of amides is 1. The number of alkyl halides is 5. The van der Waals surface area contributed by atoms with Crippen LogP contribution in [0.4, 0.5) is 27.9 Å². The maximum Gasteiger partial charge on any atom is 0.419 e. The zero-order valence-electron chi connectivity index (χ0n) is 19.7. The number of rotatable bonds is 5. The Morgan fingerprint density at radius 3 is 2.42 bits per heavy atom. The van der Waals surface area contributed by atoms with E-state index < -0.39 is 48.5 Å². The van der Waals surface area contributed by atoms with Gasteiger partial charge in [-0.2, -0.15) is 13.2 Å². The van der Waals surface area contributed by atoms with Crippen molar-refractivity contribution < 1.29 is 26.7 Å². The van der Waals surface area contributed by atoms with E-state index in [0.717, 1.165) is 16.0 Å². The molecule has 3 aromatic rings. The largest absolute Gasteiger partial charge is 0.419 e. The van der Waals surface area contributed by atoms with Crippen molar-refractivity contribution in [2.75, 3.05) is 18.4 Å². The molecule has 1 aromatic carbocycles. The molecule has 6 nitrogen and oxygen atoms in total. The Bertz CT molecular complexity index is 1230. The number of carbonyl (C=O) groups excluding carboxylic acids is 1. The number of aromatic nitrogens is 3. The standard InChI is InChI=1S/C24H24F5N5OS/c1-13-4-6-16(7-5-13)20-19(33-15(3)36-20)21(35)34-12-23(25,26)8-14(2)18(34)11-32-22-30-9-17(10-31-22)24(27,28)29/h4-7,9-10,14,18H,8,11-12H2,1-3H3,(H,30,31,32)/t14-,18?/m1/s1. The highest BCUT2D eigenvalue weighted by molar-refractivity contribution is 7.15. The third-order valence-corrected chi connectivity index (χ3v) is 7.06. The van der Waals surface area contributed by atoms with Crippen LogP contribution >= 0.6 is 11.3 Å². The fraction of sp³-hybridized carbons (Fsp3) is 0.417. The summed E-state index contributed by atoms with van der Waals surface area (Å²) in [4.78, 5) is 27.1. The molecular weight excluding hydrogens is 501 g/mol. The SMILES string of the molecule is Cc1ccc(-c2sc(C)nc2C(=O)N2CC(F)(F)C[C@@H](C)C2CNc2ncc(C(F)(F)F)cn2)cc1. The molecule has 3 heterocycles. The number of benzene rings is 1. The summed E-state index contributed by atoms with van der Waals surface area (Å²) in [5.41, 5.74) is 0.897. The smallest absolute Gasteiger partial charge is 0.352 e. The number of nitrogens with zero attached hydrogens (tertiary/aromatic N) is 4. The molecule has 12 heteroatoms. The van der Waals surface area contributed by atoms with Crippen LogP contribution in [0.15, 0.2) is 36.7 Å². The summed E-state index contributed by atoms with van der Waals surface area (Å²) in [5, 5.41) is 3.42. The van der Waals surface area contributed by atoms with E-state index in [1.165, 1.54) is 11.3 Å². The summed E-state index contributed by atoms with van der Waals surface area (Å²) in [5.74, 6) is -4.42. The highest BCUT2D eigenvalue weighted by atomic mass is 32.1. The van der Waals surface area contributed by atoms with E-state index in [9.17, 15) is 26.7 Å². The van der Waals surface area contributed by atoms with Crippen LogP contribution < -0.4 is 5.32 Å². The Labute approximate surface area is 208 Å². The molecule has 0 radical (unpaired) electrons. The first kappa shape index (κ1) is 25.9. The van der Waals surface area contributed by atoms with Crippen molar-refractivity contribution in [3.05, 3.63) is 58.5 Å². The Hall–Kier alpha value is -3.15. The van der Waals surface area contributed by atoms with Crippen LogP contribution in [-0.2, 0) is 6.18 Å². The van der Waals surface area contributed by atoms with Crippen molar-refractivity contribution in [1.82, 2.24) is 19.9 Å². The molecule has 0 bridgehead atoms. The van der Waals surface area contributed by atoms with Crippen molar-refractivity contribution in [2.24, 2.45) is 5.92 Å². The van der Waals surface area contributed by atoms with E-state index in [0.29, 0.717) is 22.3 Å². The first-order chi connectivity index (χ1) is 16.8. The molecule has 1 amide bonds. The lowest BCUT2D eigenvalue weighted by Crippen LogP contribution is -2.57. The summed E-state index contributed by atoms with van der Waals surface area (Å²) in [6.07, 6.45) is -3.73. The fourth-order valence-corrected chi connectivity index (χ4v) is 5.17. The van der Waals surface area contributed by atoms with Crippen LogP contribution in [0.3, 0.4) is 0 Å². The Morgan fingerprint density at radius 2 is 1.81 bits per heavy atom. The Balaban J connectivity index is 1.60. The van der Waals surface area contributed by atoms with E-state index in [1.54, 1.807) is 13.8 Å². The van der Waals surface area contributed by atoms with Gasteiger partial charge in [0.15, 0.2) is 0 Å². The lowest BCUT2D eigenvalue weighted by Gasteiger charge is -2.43. The number of halogens is 5. The maximum atomic E-state index is 14.6. The number of thiazole rings is 1. The van der Waals surface area contributed by atoms with Gasteiger partial charge in [-0.15, -0.1) is 11.3 Å². The number of carbonyl (C=O) groups is 1. The van der Waals surface area contributed by atoms with Crippen molar-refractivity contribution in [2.45, 2.75) is 45.3 Å². The first-order valence-corrected chi connectivity index (χ1v) is 12.0. The zero-order valence-corrected chi connectivity index (χ0v) is 20.6. The van der Waals surface area contributed by atoms with Gasteiger partial charge < -0.3 is 10.2 Å². The number of hydrogen-bond acceptors (Lipinski definition) is 6. The zero-order chi connectivity index (χ0) is 26.3. The molecule has 4 rings (SSSR count). The molecule has 1 fully saturated rings. The van der Waals surface area contributed by atoms with Gasteiger partial charge in [-0.25, -0.2) is 23.7 Å². The third-order valence-electron chi connectivity index (χ3n) is 6.04. The second kappa shape index (κ2) is 9.72. The Kier molecular flexibility index (Phi) is 7.00. The molecule has 0 saturated carbocycles. The number of anilines is 1. The molecule has 1 aliphatic heterocycles. The predicted molar refractivity (Wildman–Crippen MR) is 126 cm³/mol. The molecule has 1 unspecified atom stereocenters. The molecule has 2 atom stereocenters. The van der Waals surface area contributed by atoms with Crippen LogP contribution in [0.25, 0.3) is 10.4 Å². The van der Waals surface area contributed by atoms with Crippen LogP contribution in [0.5, 0.6) is 0 Å². The number of aryl methyl sites for hydroxylation is 2. The van der Waals surface area contributed by atoms with E-state index in [4.69, 9.17) is 0 Å². The first-order valence-electron chi connectivity index (χ1n) is 11.2. The van der Waals surface area contributed by atoms with Gasteiger partial charge >= 0.3 is 6.18 Å². The van der Waals surface area contributed by atoms with Gasteiger partial charge in [0.1, 0.15) is 5.69 Å². The minimum absolute atomic E-state index is 0.0165. The summed E-state index contributed by atoms with van der Waals surface area (Å²) in [6.45, 7) is 4.48. The lowest BCUT2D eigenvalue weighted by molar-refractivity contribution is -0.138. The second-order valence-corrected chi connectivity index (χ2v) is 10.2. The normalized spacial score (nSPS) is 19.8. The van der Waals surface area contributed by atoms with Crippen LogP contribution in [-0.4, -0.2) is 50.8 Å².